The van der Waals surface area contributed by atoms with E-state index in [0.717, 1.165) is 150 Å². The molecule has 0 radical (unpaired) electrons. The smallest absolute Gasteiger partial charge is 0.0693 e. The van der Waals surface area contributed by atoms with E-state index in [2.05, 4.69) is 78.0 Å². The molecule has 12 saturated carbocycles. The minimum Gasteiger partial charge on any atom is -0.198 e. The second-order valence-electron chi connectivity index (χ2n) is 48.4. The standard InChI is InChI=1S/C117H194N6/c1-7-13-17-19-22-34-94-57-67-98(68-58-94)103-37-24-42-108(74-103)113(84-119,71-29-72-118)80-115(86-121,110-44-26-39-105(76-110)101-69-55-93(56-70-101)33-21-18-14-8-2)82-117(88-123,112-46-28-41-107(78-112)100-65-53-92(54-66-100)32-20-15-9-3)83-116(87-122,111-45-27-40-106(77-111)99-63-51-91(52-64-99)31-16-10-4)81-114(85-120,79-95-35-23-36-102(73-95)96-59-47-89(12-6)48-60-96)109-43-25-38-104(75-109)97-61-49-90(30-11-5)50-62-97/h89-112H,7-71,73-83H2,1-6H3. The zero-order chi connectivity index (χ0) is 86.3. The van der Waals surface area contributed by atoms with E-state index in [0.29, 0.717) is 97.7 Å². The van der Waals surface area contributed by atoms with Gasteiger partial charge in [0.2, 0.25) is 0 Å². The van der Waals surface area contributed by atoms with Gasteiger partial charge in [0.15, 0.2) is 0 Å². The summed E-state index contributed by atoms with van der Waals surface area (Å²) < 4.78 is 0. The minimum atomic E-state index is -1.03. The minimum absolute atomic E-state index is 0.0233. The van der Waals surface area contributed by atoms with Crippen LogP contribution in [0.4, 0.5) is 0 Å². The van der Waals surface area contributed by atoms with Crippen LogP contribution in [0.1, 0.15) is 530 Å². The van der Waals surface area contributed by atoms with E-state index in [4.69, 9.17) is 0 Å². The normalized spacial score (nSPS) is 37.5. The van der Waals surface area contributed by atoms with Crippen LogP contribution >= 0.6 is 0 Å². The van der Waals surface area contributed by atoms with Gasteiger partial charge in [0.05, 0.1) is 63.5 Å². The monoisotopic (exact) mass is 1680 g/mol. The molecule has 0 N–H and O–H groups in total. The van der Waals surface area contributed by atoms with Gasteiger partial charge in [-0.3, -0.25) is 0 Å². The second-order valence-corrected chi connectivity index (χ2v) is 48.4. The Balaban J connectivity index is 0.993. The number of rotatable bonds is 44. The molecule has 0 heterocycles. The SMILES string of the molecule is CCCCCCCC1CCC(C2CCCC(C(C#N)(CCC#N)CC(C#N)(CC(C#N)(CC(C#N)(CC(C#N)(CC3CCCC(C4CCC(CC)CC4)C3)C3CCCC(C4CCC(CCC)CC4)C3)C3CCCC(C4CCC(CCCC)CC4)C3)C3CCCC(C4CCC(CCCCC)CC4)C3)C3CCCC(C4CCC(CCCCCC)CC4)C3)C2)CC1. The highest BCUT2D eigenvalue weighted by atomic mass is 14.7. The maximum atomic E-state index is 14.2. The number of hydrogen-bond donors (Lipinski definition) is 0. The largest absolute Gasteiger partial charge is 0.198 e. The van der Waals surface area contributed by atoms with Crippen LogP contribution in [0.2, 0.25) is 0 Å². The van der Waals surface area contributed by atoms with Gasteiger partial charge in [0.25, 0.3) is 0 Å². The lowest BCUT2D eigenvalue weighted by atomic mass is 9.45. The summed E-state index contributed by atoms with van der Waals surface area (Å²) >= 11 is 0. The zero-order valence-electron chi connectivity index (χ0n) is 81.8. The number of nitriles is 6. The predicted molar refractivity (Wildman–Crippen MR) is 515 cm³/mol. The van der Waals surface area contributed by atoms with Gasteiger partial charge in [-0.2, -0.15) is 31.6 Å². The highest BCUT2D eigenvalue weighted by molar-refractivity contribution is 5.24. The first kappa shape index (κ1) is 99.0. The number of nitrogens with zero attached hydrogens (tertiary/aromatic N) is 6. The molecule has 0 spiro atoms. The summed E-state index contributed by atoms with van der Waals surface area (Å²) in [6.45, 7) is 14.2. The Morgan fingerprint density at radius 3 is 0.797 bits per heavy atom. The maximum Gasteiger partial charge on any atom is 0.0693 e. The predicted octanol–water partition coefficient (Wildman–Crippen LogP) is 35.8. The molecule has 0 aromatic heterocycles. The van der Waals surface area contributed by atoms with Crippen molar-refractivity contribution >= 4 is 0 Å². The van der Waals surface area contributed by atoms with Crippen LogP contribution < -0.4 is 0 Å². The summed E-state index contributed by atoms with van der Waals surface area (Å²) in [6.07, 6.45) is 91.4. The Kier molecular flexibility index (Phi) is 40.7. The summed E-state index contributed by atoms with van der Waals surface area (Å²) in [5.41, 5.74) is -4.58. The van der Waals surface area contributed by atoms with Crippen molar-refractivity contribution < 1.29 is 0 Å². The first-order chi connectivity index (χ1) is 60.2. The Hall–Kier alpha value is -3.06. The lowest BCUT2D eigenvalue weighted by molar-refractivity contribution is -0.0493. The van der Waals surface area contributed by atoms with Crippen molar-refractivity contribution in [2.75, 3.05) is 0 Å². The fourth-order valence-electron chi connectivity index (χ4n) is 33.8. The molecule has 0 aromatic rings. The lowest BCUT2D eigenvalue weighted by Gasteiger charge is -2.55. The fourth-order valence-corrected chi connectivity index (χ4v) is 33.8. The van der Waals surface area contributed by atoms with E-state index in [9.17, 15) is 31.6 Å². The van der Waals surface area contributed by atoms with Gasteiger partial charge in [0, 0.05) is 6.42 Å². The van der Waals surface area contributed by atoms with Crippen molar-refractivity contribution in [2.45, 2.75) is 530 Å². The van der Waals surface area contributed by atoms with Crippen molar-refractivity contribution in [3.63, 3.8) is 0 Å². The average molecular weight is 1680 g/mol. The van der Waals surface area contributed by atoms with Crippen molar-refractivity contribution in [2.24, 2.45) is 169 Å². The van der Waals surface area contributed by atoms with Crippen molar-refractivity contribution in [3.8, 4) is 36.4 Å². The van der Waals surface area contributed by atoms with Crippen LogP contribution in [0.15, 0.2) is 0 Å². The maximum absolute atomic E-state index is 14.2. The van der Waals surface area contributed by atoms with Gasteiger partial charge in [-0.05, 0) is 328 Å². The van der Waals surface area contributed by atoms with Crippen LogP contribution in [0, 0.1) is 237 Å². The Bertz CT molecular complexity index is 3240. The second kappa shape index (κ2) is 50.5. The van der Waals surface area contributed by atoms with Gasteiger partial charge >= 0.3 is 0 Å². The molecule has 12 fully saturated rings. The topological polar surface area (TPSA) is 143 Å². The highest BCUT2D eigenvalue weighted by Gasteiger charge is 2.63. The fraction of sp³-hybridized carbons (Fsp3) is 0.949. The van der Waals surface area contributed by atoms with Gasteiger partial charge in [-0.15, -0.1) is 0 Å². The summed E-state index contributed by atoms with van der Waals surface area (Å²) in [5.74, 6) is 13.7. The lowest BCUT2D eigenvalue weighted by Crippen LogP contribution is -2.51. The first-order valence-electron chi connectivity index (χ1n) is 56.6. The molecular weight excluding hydrogens is 1490 g/mol. The third-order valence-corrected chi connectivity index (χ3v) is 41.3. The Morgan fingerprint density at radius 2 is 0.472 bits per heavy atom. The molecule has 0 aromatic carbocycles. The molecule has 692 valence electrons. The number of unbranched alkanes of at least 4 members (excludes halogenated alkanes) is 10. The summed E-state index contributed by atoms with van der Waals surface area (Å²) in [6, 6.07) is 20.6. The zero-order valence-corrected chi connectivity index (χ0v) is 81.8. The molecule has 0 aliphatic heterocycles. The van der Waals surface area contributed by atoms with Crippen LogP contribution in [-0.4, -0.2) is 0 Å². The van der Waals surface area contributed by atoms with Crippen molar-refractivity contribution in [1.29, 1.82) is 31.6 Å². The molecule has 0 amide bonds. The molecule has 6 nitrogen and oxygen atoms in total. The van der Waals surface area contributed by atoms with Crippen LogP contribution in [-0.2, 0) is 0 Å². The average Bonchev–Trinajstić information content (AvgIpc) is 0.728. The highest BCUT2D eigenvalue weighted by Crippen LogP contribution is 2.68. The van der Waals surface area contributed by atoms with Gasteiger partial charge in [-0.25, -0.2) is 0 Å². The van der Waals surface area contributed by atoms with Crippen LogP contribution in [0.25, 0.3) is 0 Å². The quantitative estimate of drug-likeness (QED) is 0.0556. The van der Waals surface area contributed by atoms with Crippen molar-refractivity contribution in [1.82, 2.24) is 0 Å². The number of hydrogen-bond acceptors (Lipinski definition) is 6. The molecular formula is C117H194N6. The summed E-state index contributed by atoms with van der Waals surface area (Å²) in [5, 5.41) is 79.9. The van der Waals surface area contributed by atoms with Gasteiger partial charge < -0.3 is 0 Å². The molecule has 0 saturated heterocycles. The van der Waals surface area contributed by atoms with Crippen LogP contribution in [0.5, 0.6) is 0 Å². The van der Waals surface area contributed by atoms with Crippen LogP contribution in [0.3, 0.4) is 0 Å². The molecule has 123 heavy (non-hydrogen) atoms. The van der Waals surface area contributed by atoms with Gasteiger partial charge in [0.1, 0.15) is 0 Å². The molecule has 12 aliphatic rings. The van der Waals surface area contributed by atoms with E-state index < -0.39 is 27.1 Å². The van der Waals surface area contributed by atoms with E-state index in [1.165, 1.54) is 353 Å². The Labute approximate surface area is 761 Å². The molecule has 12 aliphatic carbocycles. The molecule has 17 atom stereocenters. The van der Waals surface area contributed by atoms with E-state index in [-0.39, 0.29) is 29.6 Å². The molecule has 12 rings (SSSR count). The first-order valence-corrected chi connectivity index (χ1v) is 56.6. The van der Waals surface area contributed by atoms with Gasteiger partial charge in [-0.1, -0.05) is 337 Å². The van der Waals surface area contributed by atoms with E-state index >= 15 is 0 Å². The summed E-state index contributed by atoms with van der Waals surface area (Å²) in [4.78, 5) is 0. The molecule has 6 heteroatoms. The summed E-state index contributed by atoms with van der Waals surface area (Å²) in [7, 11) is 0. The Morgan fingerprint density at radius 1 is 0.211 bits per heavy atom. The van der Waals surface area contributed by atoms with E-state index in [1.807, 2.05) is 0 Å². The van der Waals surface area contributed by atoms with E-state index in [1.54, 1.807) is 0 Å². The van der Waals surface area contributed by atoms with Crippen molar-refractivity contribution in [3.05, 3.63) is 0 Å². The molecule has 0 bridgehead atoms. The molecule has 17 unspecified atom stereocenters. The third-order valence-electron chi connectivity index (χ3n) is 41.3. The third kappa shape index (κ3) is 26.7.